The lowest BCUT2D eigenvalue weighted by Crippen LogP contribution is -2.38. The first-order chi connectivity index (χ1) is 12.0. The number of carbonyl (C=O) groups is 2. The Balaban J connectivity index is 1.89. The average molecular weight is 380 g/mol. The molecule has 25 heavy (non-hydrogen) atoms. The van der Waals surface area contributed by atoms with Crippen LogP contribution in [0.15, 0.2) is 30.3 Å². The summed E-state index contributed by atoms with van der Waals surface area (Å²) in [6.07, 6.45) is 0.777. The van der Waals surface area contributed by atoms with Crippen molar-refractivity contribution in [2.45, 2.75) is 25.9 Å². The van der Waals surface area contributed by atoms with E-state index in [4.69, 9.17) is 21.1 Å². The molecule has 0 bridgehead atoms. The molecule has 1 atom stereocenters. The van der Waals surface area contributed by atoms with Gasteiger partial charge in [-0.2, -0.15) is 0 Å². The Hall–Kier alpha value is -1.89. The first-order valence-electron chi connectivity index (χ1n) is 7.86. The fourth-order valence-electron chi connectivity index (χ4n) is 3.02. The first-order valence-corrected chi connectivity index (χ1v) is 9.05. The second-order valence-electron chi connectivity index (χ2n) is 5.78. The summed E-state index contributed by atoms with van der Waals surface area (Å²) in [7, 11) is 1.38. The van der Waals surface area contributed by atoms with E-state index in [0.717, 1.165) is 17.5 Å². The molecule has 0 saturated carbocycles. The lowest BCUT2D eigenvalue weighted by atomic mass is 10.0. The minimum atomic E-state index is -0.566. The van der Waals surface area contributed by atoms with E-state index in [1.807, 2.05) is 29.2 Å². The van der Waals surface area contributed by atoms with Gasteiger partial charge in [0.2, 0.25) is 0 Å². The summed E-state index contributed by atoms with van der Waals surface area (Å²) >= 11 is 7.79. The highest BCUT2D eigenvalue weighted by Gasteiger charge is 2.33. The predicted molar refractivity (Wildman–Crippen MR) is 96.0 cm³/mol. The van der Waals surface area contributed by atoms with Crippen LogP contribution in [0.4, 0.5) is 0 Å². The van der Waals surface area contributed by atoms with Gasteiger partial charge in [0.25, 0.3) is 0 Å². The van der Waals surface area contributed by atoms with Crippen molar-refractivity contribution < 1.29 is 19.1 Å². The SMILES string of the molecule is COC(=O)[C@@H](c1ccccc1Cl)N1CCc2sc(OC(C)=O)cc2C1. The predicted octanol–water partition coefficient (Wildman–Crippen LogP) is 3.60. The number of methoxy groups -OCH3 is 1. The van der Waals surface area contributed by atoms with Gasteiger partial charge in [-0.05, 0) is 29.7 Å². The van der Waals surface area contributed by atoms with Gasteiger partial charge in [0.1, 0.15) is 6.04 Å². The summed E-state index contributed by atoms with van der Waals surface area (Å²) in [4.78, 5) is 26.8. The molecule has 7 heteroatoms. The van der Waals surface area contributed by atoms with Gasteiger partial charge in [0, 0.05) is 29.9 Å². The number of esters is 2. The third-order valence-corrected chi connectivity index (χ3v) is 5.57. The van der Waals surface area contributed by atoms with E-state index < -0.39 is 6.04 Å². The number of hydrogen-bond donors (Lipinski definition) is 0. The summed E-state index contributed by atoms with van der Waals surface area (Å²) in [6.45, 7) is 2.64. The van der Waals surface area contributed by atoms with Gasteiger partial charge >= 0.3 is 11.9 Å². The van der Waals surface area contributed by atoms with E-state index in [-0.39, 0.29) is 11.9 Å². The maximum atomic E-state index is 12.4. The number of nitrogens with zero attached hydrogens (tertiary/aromatic N) is 1. The van der Waals surface area contributed by atoms with Crippen molar-refractivity contribution >= 4 is 34.9 Å². The van der Waals surface area contributed by atoms with Gasteiger partial charge in [-0.25, -0.2) is 4.79 Å². The molecule has 2 heterocycles. The van der Waals surface area contributed by atoms with E-state index in [9.17, 15) is 9.59 Å². The van der Waals surface area contributed by atoms with Crippen LogP contribution in [0.3, 0.4) is 0 Å². The van der Waals surface area contributed by atoms with E-state index in [1.54, 1.807) is 6.07 Å². The van der Waals surface area contributed by atoms with Crippen molar-refractivity contribution in [3.05, 3.63) is 51.4 Å². The van der Waals surface area contributed by atoms with Crippen LogP contribution < -0.4 is 4.74 Å². The third-order valence-electron chi connectivity index (χ3n) is 4.11. The van der Waals surface area contributed by atoms with Gasteiger partial charge in [-0.1, -0.05) is 29.8 Å². The Labute approximate surface area is 155 Å². The van der Waals surface area contributed by atoms with Crippen LogP contribution in [0.2, 0.25) is 5.02 Å². The minimum absolute atomic E-state index is 0.334. The average Bonchev–Trinajstić information content (AvgIpc) is 2.97. The topological polar surface area (TPSA) is 55.8 Å². The molecule has 0 N–H and O–H groups in total. The van der Waals surface area contributed by atoms with Gasteiger partial charge in [-0.15, -0.1) is 11.3 Å². The summed E-state index contributed by atoms with van der Waals surface area (Å²) in [5, 5.41) is 1.13. The maximum absolute atomic E-state index is 12.4. The first kappa shape index (κ1) is 17.9. The molecule has 1 aliphatic rings. The fraction of sp³-hybridized carbons (Fsp3) is 0.333. The normalized spacial score (nSPS) is 15.3. The number of ether oxygens (including phenoxy) is 2. The highest BCUT2D eigenvalue weighted by atomic mass is 35.5. The standard InChI is InChI=1S/C18H18ClNO4S/c1-11(21)24-16-9-12-10-20(8-7-15(12)25-16)17(18(22)23-2)13-5-3-4-6-14(13)19/h3-6,9,17H,7-8,10H2,1-2H3/t17-/m1/s1. The molecule has 1 aromatic heterocycles. The third kappa shape index (κ3) is 3.86. The van der Waals surface area contributed by atoms with Gasteiger partial charge in [0.05, 0.1) is 7.11 Å². The van der Waals surface area contributed by atoms with Crippen LogP contribution >= 0.6 is 22.9 Å². The Morgan fingerprint density at radius 2 is 2.08 bits per heavy atom. The van der Waals surface area contributed by atoms with E-state index in [0.29, 0.717) is 23.2 Å². The number of rotatable bonds is 4. The molecule has 0 amide bonds. The molecule has 132 valence electrons. The molecule has 1 aliphatic heterocycles. The molecular formula is C18H18ClNO4S. The van der Waals surface area contributed by atoms with Crippen LogP contribution in [-0.4, -0.2) is 30.5 Å². The van der Waals surface area contributed by atoms with Crippen molar-refractivity contribution in [2.24, 2.45) is 0 Å². The molecular weight excluding hydrogens is 362 g/mol. The van der Waals surface area contributed by atoms with Crippen LogP contribution in [0, 0.1) is 0 Å². The lowest BCUT2D eigenvalue weighted by Gasteiger charge is -2.33. The number of halogens is 1. The van der Waals surface area contributed by atoms with Crippen molar-refractivity contribution in [1.82, 2.24) is 4.90 Å². The fourth-order valence-corrected chi connectivity index (χ4v) is 4.31. The number of carbonyl (C=O) groups excluding carboxylic acids is 2. The van der Waals surface area contributed by atoms with E-state index in [2.05, 4.69) is 0 Å². The Morgan fingerprint density at radius 3 is 2.76 bits per heavy atom. The minimum Gasteiger partial charge on any atom is -0.468 e. The highest BCUT2D eigenvalue weighted by Crippen LogP contribution is 2.37. The van der Waals surface area contributed by atoms with Crippen LogP contribution in [0.5, 0.6) is 5.06 Å². The van der Waals surface area contributed by atoms with Gasteiger partial charge in [0.15, 0.2) is 5.06 Å². The van der Waals surface area contributed by atoms with Crippen molar-refractivity contribution in [2.75, 3.05) is 13.7 Å². The Morgan fingerprint density at radius 1 is 1.32 bits per heavy atom. The molecule has 0 spiro atoms. The zero-order chi connectivity index (χ0) is 18.0. The summed E-state index contributed by atoms with van der Waals surface area (Å²) in [5.41, 5.74) is 1.79. The monoisotopic (exact) mass is 379 g/mol. The second kappa shape index (κ2) is 7.56. The molecule has 3 rings (SSSR count). The molecule has 0 fully saturated rings. The number of benzene rings is 1. The van der Waals surface area contributed by atoms with Crippen LogP contribution in [0.1, 0.15) is 29.0 Å². The quantitative estimate of drug-likeness (QED) is 0.760. The van der Waals surface area contributed by atoms with Gasteiger partial charge < -0.3 is 9.47 Å². The Kier molecular flexibility index (Phi) is 5.42. The smallest absolute Gasteiger partial charge is 0.327 e. The molecule has 0 saturated heterocycles. The van der Waals surface area contributed by atoms with Crippen molar-refractivity contribution in [3.63, 3.8) is 0 Å². The van der Waals surface area contributed by atoms with E-state index in [1.165, 1.54) is 30.2 Å². The largest absolute Gasteiger partial charge is 0.468 e. The van der Waals surface area contributed by atoms with Gasteiger partial charge in [-0.3, -0.25) is 9.69 Å². The Bertz CT molecular complexity index is 804. The second-order valence-corrected chi connectivity index (χ2v) is 7.28. The lowest BCUT2D eigenvalue weighted by molar-refractivity contribution is -0.147. The summed E-state index contributed by atoms with van der Waals surface area (Å²) in [5.74, 6) is -0.675. The molecule has 0 unspecified atom stereocenters. The zero-order valence-corrected chi connectivity index (χ0v) is 15.5. The van der Waals surface area contributed by atoms with Crippen molar-refractivity contribution in [3.8, 4) is 5.06 Å². The van der Waals surface area contributed by atoms with Crippen molar-refractivity contribution in [1.29, 1.82) is 0 Å². The number of hydrogen-bond acceptors (Lipinski definition) is 6. The van der Waals surface area contributed by atoms with Crippen LogP contribution in [0.25, 0.3) is 0 Å². The van der Waals surface area contributed by atoms with Crippen LogP contribution in [-0.2, 0) is 27.3 Å². The van der Waals surface area contributed by atoms with E-state index >= 15 is 0 Å². The number of thiophene rings is 1. The molecule has 0 aliphatic carbocycles. The summed E-state index contributed by atoms with van der Waals surface area (Å²) in [6, 6.07) is 8.61. The number of fused-ring (bicyclic) bond motifs is 1. The molecule has 2 aromatic rings. The highest BCUT2D eigenvalue weighted by molar-refractivity contribution is 7.14. The summed E-state index contributed by atoms with van der Waals surface area (Å²) < 4.78 is 10.2. The maximum Gasteiger partial charge on any atom is 0.327 e. The zero-order valence-electron chi connectivity index (χ0n) is 14.0. The molecule has 1 aromatic carbocycles. The molecule has 0 radical (unpaired) electrons. The molecule has 5 nitrogen and oxygen atoms in total.